The highest BCUT2D eigenvalue weighted by molar-refractivity contribution is 7.92. The summed E-state index contributed by atoms with van der Waals surface area (Å²) in [5.74, 6) is 0.354. The van der Waals surface area contributed by atoms with Gasteiger partial charge in [-0.1, -0.05) is 24.3 Å². The number of fused-ring (bicyclic) bond motifs is 1. The smallest absolute Gasteiger partial charge is 0.263 e. The van der Waals surface area contributed by atoms with Gasteiger partial charge in [0.05, 0.1) is 26.5 Å². The molecule has 0 saturated carbocycles. The molecular weight excluding hydrogens is 494 g/mol. The van der Waals surface area contributed by atoms with Crippen LogP contribution in [0.15, 0.2) is 83.1 Å². The van der Waals surface area contributed by atoms with Gasteiger partial charge in [0.1, 0.15) is 11.6 Å². The summed E-state index contributed by atoms with van der Waals surface area (Å²) in [4.78, 5) is 27.2. The van der Waals surface area contributed by atoms with Gasteiger partial charge in [0.2, 0.25) is 0 Å². The molecule has 1 amide bonds. The van der Waals surface area contributed by atoms with Crippen molar-refractivity contribution in [2.45, 2.75) is 18.7 Å². The lowest BCUT2D eigenvalue weighted by Gasteiger charge is -2.11. The van der Waals surface area contributed by atoms with Crippen LogP contribution in [0.25, 0.3) is 21.5 Å². The second kappa shape index (κ2) is 9.48. The van der Waals surface area contributed by atoms with Crippen molar-refractivity contribution in [1.82, 2.24) is 15.0 Å². The number of hydrogen-bond acceptors (Lipinski definition) is 7. The van der Waals surface area contributed by atoms with Gasteiger partial charge in [-0.05, 0) is 61.7 Å². The Morgan fingerprint density at radius 3 is 2.39 bits per heavy atom. The summed E-state index contributed by atoms with van der Waals surface area (Å²) in [5, 5.41) is 5.56. The van der Waals surface area contributed by atoms with Crippen molar-refractivity contribution in [3.05, 3.63) is 95.3 Å². The summed E-state index contributed by atoms with van der Waals surface area (Å²) in [5.41, 5.74) is 3.04. The lowest BCUT2D eigenvalue weighted by Crippen LogP contribution is -2.15. The molecular formula is C26H21N5O3S2. The van der Waals surface area contributed by atoms with Gasteiger partial charge in [-0.25, -0.2) is 23.4 Å². The van der Waals surface area contributed by atoms with E-state index in [2.05, 4.69) is 20.0 Å². The van der Waals surface area contributed by atoms with E-state index in [9.17, 15) is 13.2 Å². The van der Waals surface area contributed by atoms with Crippen LogP contribution in [0.5, 0.6) is 0 Å². The second-order valence-corrected chi connectivity index (χ2v) is 10.7. The number of aromatic nitrogens is 3. The number of para-hydroxylation sites is 1. The Balaban J connectivity index is 1.39. The van der Waals surface area contributed by atoms with Crippen LogP contribution in [-0.4, -0.2) is 29.3 Å². The fourth-order valence-electron chi connectivity index (χ4n) is 3.80. The maximum atomic E-state index is 13.3. The van der Waals surface area contributed by atoms with E-state index in [1.54, 1.807) is 49.4 Å². The average molecular weight is 516 g/mol. The van der Waals surface area contributed by atoms with Crippen LogP contribution in [-0.2, 0) is 10.0 Å². The monoisotopic (exact) mass is 515 g/mol. The van der Waals surface area contributed by atoms with Gasteiger partial charge in [-0.2, -0.15) is 0 Å². The molecule has 0 unspecified atom stereocenters. The number of pyridine rings is 1. The van der Waals surface area contributed by atoms with E-state index in [-0.39, 0.29) is 16.6 Å². The number of hydrogen-bond donors (Lipinski definition) is 2. The molecule has 3 heterocycles. The summed E-state index contributed by atoms with van der Waals surface area (Å²) < 4.78 is 28.1. The first kappa shape index (κ1) is 23.6. The number of anilines is 2. The minimum Gasteiger partial charge on any atom is -0.322 e. The SMILES string of the molecule is Cc1cc(NS(=O)(=O)c2ccc(NC(=O)c3cc(-c4cccs4)nc4ccccc34)cc2)nc(C)n1. The molecule has 8 nitrogen and oxygen atoms in total. The first-order valence-corrected chi connectivity index (χ1v) is 13.3. The van der Waals surface area contributed by atoms with E-state index in [1.165, 1.54) is 12.1 Å². The van der Waals surface area contributed by atoms with Gasteiger partial charge in [0.15, 0.2) is 0 Å². The average Bonchev–Trinajstić information content (AvgIpc) is 3.38. The lowest BCUT2D eigenvalue weighted by atomic mass is 10.1. The van der Waals surface area contributed by atoms with Crippen molar-refractivity contribution in [3.8, 4) is 10.6 Å². The van der Waals surface area contributed by atoms with Crippen LogP contribution >= 0.6 is 11.3 Å². The highest BCUT2D eigenvalue weighted by atomic mass is 32.2. The Labute approximate surface area is 212 Å². The van der Waals surface area contributed by atoms with Crippen LogP contribution in [0.3, 0.4) is 0 Å². The lowest BCUT2D eigenvalue weighted by molar-refractivity contribution is 0.102. The fraction of sp³-hybridized carbons (Fsp3) is 0.0769. The molecule has 180 valence electrons. The molecule has 0 saturated heterocycles. The molecule has 3 aromatic heterocycles. The Morgan fingerprint density at radius 1 is 0.889 bits per heavy atom. The Hall–Kier alpha value is -4.15. The quantitative estimate of drug-likeness (QED) is 0.312. The predicted octanol–water partition coefficient (Wildman–Crippen LogP) is 5.42. The third kappa shape index (κ3) is 4.95. The van der Waals surface area contributed by atoms with Gasteiger partial charge >= 0.3 is 0 Å². The molecule has 0 radical (unpaired) electrons. The summed E-state index contributed by atoms with van der Waals surface area (Å²) in [6, 6.07) is 20.7. The Morgan fingerprint density at radius 2 is 1.67 bits per heavy atom. The molecule has 5 rings (SSSR count). The highest BCUT2D eigenvalue weighted by Crippen LogP contribution is 2.28. The third-order valence-electron chi connectivity index (χ3n) is 5.36. The highest BCUT2D eigenvalue weighted by Gasteiger charge is 2.17. The van der Waals surface area contributed by atoms with Crippen molar-refractivity contribution in [1.29, 1.82) is 0 Å². The predicted molar refractivity (Wildman–Crippen MR) is 142 cm³/mol. The molecule has 2 aromatic carbocycles. The minimum absolute atomic E-state index is 0.0451. The van der Waals surface area contributed by atoms with Crippen LogP contribution in [0.1, 0.15) is 21.9 Å². The summed E-state index contributed by atoms with van der Waals surface area (Å²) in [6.45, 7) is 3.46. The molecule has 36 heavy (non-hydrogen) atoms. The molecule has 10 heteroatoms. The number of benzene rings is 2. The van der Waals surface area contributed by atoms with Gasteiger partial charge in [0.25, 0.3) is 15.9 Å². The number of sulfonamides is 1. The van der Waals surface area contributed by atoms with E-state index in [1.807, 2.05) is 41.8 Å². The summed E-state index contributed by atoms with van der Waals surface area (Å²) in [6.07, 6.45) is 0. The van der Waals surface area contributed by atoms with Crippen molar-refractivity contribution >= 4 is 49.7 Å². The van der Waals surface area contributed by atoms with Crippen molar-refractivity contribution in [2.75, 3.05) is 10.0 Å². The largest absolute Gasteiger partial charge is 0.322 e. The molecule has 2 N–H and O–H groups in total. The number of nitrogens with one attached hydrogen (secondary N) is 2. The zero-order valence-corrected chi connectivity index (χ0v) is 21.0. The van der Waals surface area contributed by atoms with Crippen LogP contribution in [0.2, 0.25) is 0 Å². The van der Waals surface area contributed by atoms with Gasteiger partial charge in [-0.3, -0.25) is 9.52 Å². The van der Waals surface area contributed by atoms with E-state index in [0.29, 0.717) is 22.8 Å². The molecule has 0 bridgehead atoms. The molecule has 0 spiro atoms. The number of rotatable bonds is 6. The number of thiophene rings is 1. The number of nitrogens with zero attached hydrogens (tertiary/aromatic N) is 3. The molecule has 0 fully saturated rings. The third-order valence-corrected chi connectivity index (χ3v) is 7.62. The molecule has 5 aromatic rings. The van der Waals surface area contributed by atoms with Gasteiger partial charge in [-0.15, -0.1) is 11.3 Å². The molecule has 0 atom stereocenters. The first-order valence-electron chi connectivity index (χ1n) is 11.0. The zero-order valence-electron chi connectivity index (χ0n) is 19.4. The van der Waals surface area contributed by atoms with Crippen LogP contribution < -0.4 is 10.0 Å². The Kier molecular flexibility index (Phi) is 6.21. The van der Waals surface area contributed by atoms with Crippen LogP contribution in [0, 0.1) is 13.8 Å². The van der Waals surface area contributed by atoms with E-state index in [4.69, 9.17) is 4.98 Å². The molecule has 0 aliphatic heterocycles. The number of carbonyl (C=O) groups is 1. The number of carbonyl (C=O) groups excluding carboxylic acids is 1. The topological polar surface area (TPSA) is 114 Å². The van der Waals surface area contributed by atoms with Crippen molar-refractivity contribution in [2.24, 2.45) is 0 Å². The van der Waals surface area contributed by atoms with E-state index >= 15 is 0 Å². The summed E-state index contributed by atoms with van der Waals surface area (Å²) >= 11 is 1.55. The number of amides is 1. The van der Waals surface area contributed by atoms with E-state index < -0.39 is 10.0 Å². The molecule has 0 aliphatic rings. The van der Waals surface area contributed by atoms with Crippen LogP contribution in [0.4, 0.5) is 11.5 Å². The van der Waals surface area contributed by atoms with Gasteiger partial charge in [0, 0.05) is 22.8 Å². The van der Waals surface area contributed by atoms with Crippen molar-refractivity contribution < 1.29 is 13.2 Å². The Bertz CT molecular complexity index is 1660. The van der Waals surface area contributed by atoms with E-state index in [0.717, 1.165) is 21.5 Å². The number of aryl methyl sites for hydroxylation is 2. The normalized spacial score (nSPS) is 11.4. The molecule has 0 aliphatic carbocycles. The minimum atomic E-state index is -3.86. The zero-order chi connectivity index (χ0) is 25.3. The maximum absolute atomic E-state index is 13.3. The first-order chi connectivity index (χ1) is 17.3. The van der Waals surface area contributed by atoms with Crippen molar-refractivity contribution in [3.63, 3.8) is 0 Å². The summed E-state index contributed by atoms with van der Waals surface area (Å²) in [7, 11) is -3.86. The van der Waals surface area contributed by atoms with Gasteiger partial charge < -0.3 is 5.32 Å². The maximum Gasteiger partial charge on any atom is 0.263 e. The fourth-order valence-corrected chi connectivity index (χ4v) is 5.47. The standard InChI is InChI=1S/C26H21N5O3S2/c1-16-14-25(28-17(2)27-16)31-36(33,34)19-11-9-18(10-12-19)29-26(32)21-15-23(24-8-5-13-35-24)30-22-7-4-3-6-20(21)22/h3-15H,1-2H3,(H,29,32)(H,27,28,31). The second-order valence-electron chi connectivity index (χ2n) is 8.08.